The van der Waals surface area contributed by atoms with Gasteiger partial charge in [0.05, 0.1) is 11.8 Å². The van der Waals surface area contributed by atoms with Gasteiger partial charge in [-0.3, -0.25) is 39.7 Å². The molecule has 11 heteroatoms. The lowest BCUT2D eigenvalue weighted by atomic mass is 9.81. The van der Waals surface area contributed by atoms with E-state index >= 15 is 0 Å². The van der Waals surface area contributed by atoms with Gasteiger partial charge < -0.3 is 4.74 Å². The average Bonchev–Trinajstić information content (AvgIpc) is 3.37. The number of hydrogen-bond acceptors (Lipinski definition) is 6. The van der Waals surface area contributed by atoms with Crippen LogP contribution in [0.5, 0.6) is 0 Å². The molecule has 2 bridgehead atoms. The number of halogens is 2. The van der Waals surface area contributed by atoms with Crippen molar-refractivity contribution in [2.45, 2.75) is 16.1 Å². The zero-order valence-corrected chi connectivity index (χ0v) is 19.3. The van der Waals surface area contributed by atoms with Gasteiger partial charge in [0.15, 0.2) is 6.61 Å². The van der Waals surface area contributed by atoms with Crippen molar-refractivity contribution in [1.82, 2.24) is 15.8 Å². The van der Waals surface area contributed by atoms with Crippen molar-refractivity contribution in [2.75, 3.05) is 13.2 Å². The quantitative estimate of drug-likeness (QED) is 0.239. The molecule has 0 radical (unpaired) electrons. The second-order valence-corrected chi connectivity index (χ2v) is 9.91. The number of amides is 4. The van der Waals surface area contributed by atoms with Crippen LogP contribution >= 0.6 is 31.9 Å². The highest BCUT2D eigenvalue weighted by atomic mass is 79.9. The second-order valence-electron chi connectivity index (χ2n) is 7.80. The molecule has 1 aromatic rings. The molecule has 4 amide bonds. The SMILES string of the molecule is O=C(COC(=O)CN1C(=O)[C@@H]2[C@H]3C[C@@H]([C@@H](Br)[C@H]3Br)[C@H]2C1=O)NNC(=O)c1ccccc1. The largest absolute Gasteiger partial charge is 0.454 e. The van der Waals surface area contributed by atoms with E-state index < -0.39 is 42.8 Å². The number of nitrogens with zero attached hydrogens (tertiary/aromatic N) is 1. The summed E-state index contributed by atoms with van der Waals surface area (Å²) in [5, 5.41) is 0. The van der Waals surface area contributed by atoms with Gasteiger partial charge in [-0.05, 0) is 30.4 Å². The third kappa shape index (κ3) is 4.00. The molecule has 4 rings (SSSR count). The zero-order valence-electron chi connectivity index (χ0n) is 16.1. The first-order chi connectivity index (χ1) is 14.8. The highest BCUT2D eigenvalue weighted by Gasteiger charge is 2.66. The molecule has 3 aliphatic rings. The van der Waals surface area contributed by atoms with E-state index in [0.717, 1.165) is 11.3 Å². The standard InChI is InChI=1S/C20H19Br2N3O6/c21-16-10-6-11(17(16)22)15-14(10)19(29)25(20(15)30)7-13(27)31-8-12(26)23-24-18(28)9-4-2-1-3-5-9/h1-5,10-11,14-17H,6-8H2,(H,23,26)(H,24,28)/t10-,11-,14-,15-,16-,17+/m1/s1. The molecule has 0 unspecified atom stereocenters. The number of benzene rings is 1. The lowest BCUT2D eigenvalue weighted by Gasteiger charge is -2.28. The zero-order chi connectivity index (χ0) is 22.3. The predicted octanol–water partition coefficient (Wildman–Crippen LogP) is 0.769. The molecule has 164 valence electrons. The Kier molecular flexibility index (Phi) is 6.16. The molecule has 1 aliphatic heterocycles. The normalized spacial score (nSPS) is 30.8. The van der Waals surface area contributed by atoms with Gasteiger partial charge in [-0.25, -0.2) is 0 Å². The maximum atomic E-state index is 12.8. The van der Waals surface area contributed by atoms with E-state index in [1.165, 1.54) is 0 Å². The van der Waals surface area contributed by atoms with Crippen LogP contribution in [0.2, 0.25) is 0 Å². The molecule has 3 fully saturated rings. The number of fused-ring (bicyclic) bond motifs is 5. The number of ether oxygens (including phenoxy) is 1. The van der Waals surface area contributed by atoms with Gasteiger partial charge >= 0.3 is 5.97 Å². The number of hydrogen-bond donors (Lipinski definition) is 2. The van der Waals surface area contributed by atoms with E-state index in [1.54, 1.807) is 30.3 Å². The summed E-state index contributed by atoms with van der Waals surface area (Å²) >= 11 is 7.20. The van der Waals surface area contributed by atoms with E-state index in [1.807, 2.05) is 0 Å². The molecule has 0 spiro atoms. The number of esters is 1. The number of carbonyl (C=O) groups is 5. The molecule has 1 aromatic carbocycles. The van der Waals surface area contributed by atoms with Crippen LogP contribution in [-0.4, -0.2) is 57.3 Å². The smallest absolute Gasteiger partial charge is 0.326 e. The van der Waals surface area contributed by atoms with Crippen molar-refractivity contribution >= 4 is 61.5 Å². The van der Waals surface area contributed by atoms with Crippen LogP contribution in [0, 0.1) is 23.7 Å². The summed E-state index contributed by atoms with van der Waals surface area (Å²) in [6.07, 6.45) is 0.797. The molecule has 1 saturated heterocycles. The number of likely N-dealkylation sites (tertiary alicyclic amines) is 1. The van der Waals surface area contributed by atoms with E-state index in [-0.39, 0.29) is 33.3 Å². The number of carbonyl (C=O) groups excluding carboxylic acids is 5. The Hall–Kier alpha value is -2.27. The molecule has 2 aliphatic carbocycles. The summed E-state index contributed by atoms with van der Waals surface area (Å²) in [6.45, 7) is -1.19. The Morgan fingerprint density at radius 2 is 1.55 bits per heavy atom. The number of alkyl halides is 2. The lowest BCUT2D eigenvalue weighted by Crippen LogP contribution is -2.44. The minimum absolute atomic E-state index is 0.0517. The van der Waals surface area contributed by atoms with Crippen molar-refractivity contribution in [1.29, 1.82) is 0 Å². The summed E-state index contributed by atoms with van der Waals surface area (Å²) in [5.41, 5.74) is 4.69. The van der Waals surface area contributed by atoms with Gasteiger partial charge in [-0.1, -0.05) is 50.1 Å². The Balaban J connectivity index is 1.25. The summed E-state index contributed by atoms with van der Waals surface area (Å²) in [7, 11) is 0. The van der Waals surface area contributed by atoms with Gasteiger partial charge in [0, 0.05) is 15.2 Å². The number of rotatable bonds is 5. The lowest BCUT2D eigenvalue weighted by molar-refractivity contribution is -0.155. The molecule has 0 aromatic heterocycles. The van der Waals surface area contributed by atoms with E-state index in [2.05, 4.69) is 42.7 Å². The van der Waals surface area contributed by atoms with Crippen LogP contribution in [-0.2, 0) is 23.9 Å². The average molecular weight is 557 g/mol. The third-order valence-electron chi connectivity index (χ3n) is 6.08. The first-order valence-electron chi connectivity index (χ1n) is 9.72. The molecule has 31 heavy (non-hydrogen) atoms. The Morgan fingerprint density at radius 1 is 0.968 bits per heavy atom. The van der Waals surface area contributed by atoms with Crippen molar-refractivity contribution in [3.8, 4) is 0 Å². The highest BCUT2D eigenvalue weighted by Crippen LogP contribution is 2.60. The Labute approximate surface area is 194 Å². The summed E-state index contributed by atoms with van der Waals surface area (Å²) in [6, 6.07) is 8.24. The van der Waals surface area contributed by atoms with Gasteiger partial charge in [0.2, 0.25) is 11.8 Å². The molecular formula is C20H19Br2N3O6. The minimum Gasteiger partial charge on any atom is -0.454 e. The number of hydrazine groups is 1. The van der Waals surface area contributed by atoms with Crippen LogP contribution in [0.3, 0.4) is 0 Å². The van der Waals surface area contributed by atoms with Crippen LogP contribution < -0.4 is 10.9 Å². The van der Waals surface area contributed by atoms with E-state index in [9.17, 15) is 24.0 Å². The van der Waals surface area contributed by atoms with Crippen LogP contribution in [0.4, 0.5) is 0 Å². The fourth-order valence-corrected chi connectivity index (χ4v) is 6.58. The summed E-state index contributed by atoms with van der Waals surface area (Å²) < 4.78 is 4.87. The van der Waals surface area contributed by atoms with Crippen LogP contribution in [0.25, 0.3) is 0 Å². The molecule has 9 nitrogen and oxygen atoms in total. The van der Waals surface area contributed by atoms with E-state index in [0.29, 0.717) is 5.56 Å². The van der Waals surface area contributed by atoms with Crippen LogP contribution in [0.15, 0.2) is 30.3 Å². The van der Waals surface area contributed by atoms with Crippen LogP contribution in [0.1, 0.15) is 16.8 Å². The Bertz CT molecular complexity index is 910. The third-order valence-corrected chi connectivity index (χ3v) is 9.29. The first kappa shape index (κ1) is 21.9. The van der Waals surface area contributed by atoms with Crippen molar-refractivity contribution < 1.29 is 28.7 Å². The Morgan fingerprint density at radius 3 is 2.13 bits per heavy atom. The predicted molar refractivity (Wildman–Crippen MR) is 114 cm³/mol. The number of imide groups is 1. The van der Waals surface area contributed by atoms with Crippen molar-refractivity contribution in [3.63, 3.8) is 0 Å². The van der Waals surface area contributed by atoms with Crippen molar-refractivity contribution in [3.05, 3.63) is 35.9 Å². The summed E-state index contributed by atoms with van der Waals surface area (Å²) in [4.78, 5) is 62.5. The van der Waals surface area contributed by atoms with Gasteiger partial charge in [0.1, 0.15) is 6.54 Å². The molecule has 2 N–H and O–H groups in total. The molecule has 6 atom stereocenters. The number of nitrogens with one attached hydrogen (secondary N) is 2. The maximum absolute atomic E-state index is 12.8. The van der Waals surface area contributed by atoms with Crippen molar-refractivity contribution in [2.24, 2.45) is 23.7 Å². The molecule has 2 saturated carbocycles. The monoisotopic (exact) mass is 555 g/mol. The highest BCUT2D eigenvalue weighted by molar-refractivity contribution is 9.12. The maximum Gasteiger partial charge on any atom is 0.326 e. The van der Waals surface area contributed by atoms with Gasteiger partial charge in [-0.2, -0.15) is 0 Å². The topological polar surface area (TPSA) is 122 Å². The fourth-order valence-electron chi connectivity index (χ4n) is 4.71. The van der Waals surface area contributed by atoms with E-state index in [4.69, 9.17) is 4.74 Å². The van der Waals surface area contributed by atoms with Gasteiger partial charge in [-0.15, -0.1) is 0 Å². The fraction of sp³-hybridized carbons (Fsp3) is 0.450. The first-order valence-corrected chi connectivity index (χ1v) is 11.6. The van der Waals surface area contributed by atoms with Gasteiger partial charge in [0.25, 0.3) is 11.8 Å². The second kappa shape index (κ2) is 8.70. The molecule has 1 heterocycles. The summed E-state index contributed by atoms with van der Waals surface area (Å²) in [5.74, 6) is -3.59. The molecular weight excluding hydrogens is 538 g/mol. The minimum atomic E-state index is -0.871.